The van der Waals surface area contributed by atoms with E-state index in [2.05, 4.69) is 11.2 Å². The Balaban J connectivity index is 1.72. The van der Waals surface area contributed by atoms with Crippen LogP contribution in [0.4, 0.5) is 0 Å². The number of benzene rings is 1. The molecule has 1 amide bonds. The molecule has 0 atom stereocenters. The topological polar surface area (TPSA) is 60.9 Å². The maximum atomic E-state index is 11.0. The highest BCUT2D eigenvalue weighted by Gasteiger charge is 2.25. The normalized spacial score (nSPS) is 14.7. The van der Waals surface area contributed by atoms with Crippen LogP contribution in [0.2, 0.25) is 0 Å². The van der Waals surface area contributed by atoms with E-state index in [0.29, 0.717) is 11.5 Å². The Morgan fingerprint density at radius 1 is 1.28 bits per heavy atom. The molecule has 1 aromatic heterocycles. The molecule has 2 N–H and O–H groups in total. The Kier molecular flexibility index (Phi) is 2.63. The van der Waals surface area contributed by atoms with E-state index < -0.39 is 5.91 Å². The van der Waals surface area contributed by atoms with Crippen LogP contribution in [0, 0.1) is 0 Å². The third kappa shape index (κ3) is 2.27. The number of hydrogen-bond donors (Lipinski definition) is 1. The average Bonchev–Trinajstić information content (AvgIpc) is 3.11. The lowest BCUT2D eigenvalue weighted by Gasteiger charge is -2.03. The largest absolute Gasteiger partial charge is 0.366 e. The summed E-state index contributed by atoms with van der Waals surface area (Å²) in [6.07, 6.45) is 4.55. The highest BCUT2D eigenvalue weighted by atomic mass is 16.1. The molecule has 2 aromatic rings. The number of primary amides is 1. The molecule has 0 spiro atoms. The number of nitrogens with two attached hydrogens (primary N) is 1. The van der Waals surface area contributed by atoms with E-state index in [0.717, 1.165) is 12.1 Å². The van der Waals surface area contributed by atoms with Crippen molar-refractivity contribution >= 4 is 5.91 Å². The summed E-state index contributed by atoms with van der Waals surface area (Å²) >= 11 is 0. The van der Waals surface area contributed by atoms with Gasteiger partial charge in [0.25, 0.3) is 0 Å². The molecule has 1 heterocycles. The summed E-state index contributed by atoms with van der Waals surface area (Å²) in [5.41, 5.74) is 8.06. The van der Waals surface area contributed by atoms with Gasteiger partial charge in [-0.3, -0.25) is 9.48 Å². The first-order valence-corrected chi connectivity index (χ1v) is 6.14. The molecule has 4 heteroatoms. The molecule has 18 heavy (non-hydrogen) atoms. The molecule has 0 bridgehead atoms. The van der Waals surface area contributed by atoms with Crippen LogP contribution in [0.25, 0.3) is 0 Å². The maximum absolute atomic E-state index is 11.0. The van der Waals surface area contributed by atoms with Gasteiger partial charge >= 0.3 is 0 Å². The molecular weight excluding hydrogens is 226 g/mol. The number of aromatic nitrogens is 2. The summed E-state index contributed by atoms with van der Waals surface area (Å²) in [7, 11) is 0. The van der Waals surface area contributed by atoms with E-state index >= 15 is 0 Å². The number of amides is 1. The van der Waals surface area contributed by atoms with Crippen molar-refractivity contribution < 1.29 is 4.79 Å². The molecule has 4 nitrogen and oxygen atoms in total. The van der Waals surface area contributed by atoms with Crippen molar-refractivity contribution in [3.8, 4) is 0 Å². The van der Waals surface area contributed by atoms with E-state index in [9.17, 15) is 4.79 Å². The minimum atomic E-state index is -0.392. The molecule has 1 fully saturated rings. The standard InChI is InChI=1S/C14H15N3O/c15-14(18)12-3-1-10(2-4-12)9-17-8-7-13(16-17)11-5-6-11/h1-4,7-8,11H,5-6,9H2,(H2,15,18). The van der Waals surface area contributed by atoms with Crippen molar-refractivity contribution in [3.63, 3.8) is 0 Å². The van der Waals surface area contributed by atoms with Crippen LogP contribution in [-0.4, -0.2) is 15.7 Å². The summed E-state index contributed by atoms with van der Waals surface area (Å²) in [6, 6.07) is 9.43. The van der Waals surface area contributed by atoms with Crippen LogP contribution in [0.5, 0.6) is 0 Å². The van der Waals surface area contributed by atoms with Gasteiger partial charge in [-0.15, -0.1) is 0 Å². The second-order valence-electron chi connectivity index (χ2n) is 4.77. The molecule has 0 saturated heterocycles. The lowest BCUT2D eigenvalue weighted by molar-refractivity contribution is 0.100. The second kappa shape index (κ2) is 4.29. The van der Waals surface area contributed by atoms with Crippen molar-refractivity contribution in [1.82, 2.24) is 9.78 Å². The number of hydrogen-bond acceptors (Lipinski definition) is 2. The van der Waals surface area contributed by atoms with E-state index in [1.165, 1.54) is 18.5 Å². The summed E-state index contributed by atoms with van der Waals surface area (Å²) in [6.45, 7) is 0.728. The van der Waals surface area contributed by atoms with Crippen molar-refractivity contribution in [3.05, 3.63) is 53.3 Å². The third-order valence-corrected chi connectivity index (χ3v) is 3.24. The number of rotatable bonds is 4. The van der Waals surface area contributed by atoms with Gasteiger partial charge < -0.3 is 5.73 Å². The fraction of sp³-hybridized carbons (Fsp3) is 0.286. The van der Waals surface area contributed by atoms with Crippen LogP contribution in [-0.2, 0) is 6.54 Å². The van der Waals surface area contributed by atoms with Crippen LogP contribution in [0.15, 0.2) is 36.5 Å². The highest BCUT2D eigenvalue weighted by Crippen LogP contribution is 2.38. The highest BCUT2D eigenvalue weighted by molar-refractivity contribution is 5.92. The van der Waals surface area contributed by atoms with Crippen molar-refractivity contribution in [1.29, 1.82) is 0 Å². The molecule has 0 aliphatic heterocycles. The van der Waals surface area contributed by atoms with E-state index in [-0.39, 0.29) is 0 Å². The van der Waals surface area contributed by atoms with Crippen LogP contribution >= 0.6 is 0 Å². The van der Waals surface area contributed by atoms with Gasteiger partial charge in [0, 0.05) is 17.7 Å². The van der Waals surface area contributed by atoms with Crippen LogP contribution in [0.3, 0.4) is 0 Å². The van der Waals surface area contributed by atoms with E-state index in [1.54, 1.807) is 12.1 Å². The predicted molar refractivity (Wildman–Crippen MR) is 68.3 cm³/mol. The SMILES string of the molecule is NC(=O)c1ccc(Cn2ccc(C3CC3)n2)cc1. The van der Waals surface area contributed by atoms with Gasteiger partial charge in [0.15, 0.2) is 0 Å². The summed E-state index contributed by atoms with van der Waals surface area (Å²) < 4.78 is 1.94. The first-order chi connectivity index (χ1) is 8.72. The third-order valence-electron chi connectivity index (χ3n) is 3.24. The molecule has 0 radical (unpaired) electrons. The van der Waals surface area contributed by atoms with Gasteiger partial charge in [0.2, 0.25) is 5.91 Å². The van der Waals surface area contributed by atoms with E-state index in [4.69, 9.17) is 5.73 Å². The Morgan fingerprint density at radius 3 is 2.61 bits per heavy atom. The molecule has 0 unspecified atom stereocenters. The summed E-state index contributed by atoms with van der Waals surface area (Å²) in [5, 5.41) is 4.55. The Morgan fingerprint density at radius 2 is 2.00 bits per heavy atom. The molecule has 92 valence electrons. The molecule has 1 saturated carbocycles. The zero-order chi connectivity index (χ0) is 12.5. The zero-order valence-electron chi connectivity index (χ0n) is 10.0. The van der Waals surface area contributed by atoms with Gasteiger partial charge in [-0.25, -0.2) is 0 Å². The van der Waals surface area contributed by atoms with Crippen molar-refractivity contribution in [2.45, 2.75) is 25.3 Å². The fourth-order valence-electron chi connectivity index (χ4n) is 2.02. The zero-order valence-corrected chi connectivity index (χ0v) is 10.0. The fourth-order valence-corrected chi connectivity index (χ4v) is 2.02. The van der Waals surface area contributed by atoms with Crippen LogP contribution < -0.4 is 5.73 Å². The Bertz CT molecular complexity index is 567. The van der Waals surface area contributed by atoms with Crippen molar-refractivity contribution in [2.24, 2.45) is 5.73 Å². The average molecular weight is 241 g/mol. The summed E-state index contributed by atoms with van der Waals surface area (Å²) in [4.78, 5) is 11.0. The molecule has 1 aromatic carbocycles. The first-order valence-electron chi connectivity index (χ1n) is 6.14. The summed E-state index contributed by atoms with van der Waals surface area (Å²) in [5.74, 6) is 0.292. The molecule has 3 rings (SSSR count). The lowest BCUT2D eigenvalue weighted by atomic mass is 10.1. The van der Waals surface area contributed by atoms with Gasteiger partial charge in [-0.05, 0) is 36.6 Å². The smallest absolute Gasteiger partial charge is 0.248 e. The minimum Gasteiger partial charge on any atom is -0.366 e. The van der Waals surface area contributed by atoms with E-state index in [1.807, 2.05) is 23.0 Å². The first kappa shape index (κ1) is 11.0. The quantitative estimate of drug-likeness (QED) is 0.888. The minimum absolute atomic E-state index is 0.392. The molecule has 1 aliphatic carbocycles. The van der Waals surface area contributed by atoms with Gasteiger partial charge in [-0.2, -0.15) is 5.10 Å². The Labute approximate surface area is 105 Å². The number of nitrogens with zero attached hydrogens (tertiary/aromatic N) is 2. The monoisotopic (exact) mass is 241 g/mol. The van der Waals surface area contributed by atoms with Gasteiger partial charge in [0.1, 0.15) is 0 Å². The van der Waals surface area contributed by atoms with Gasteiger partial charge in [-0.1, -0.05) is 12.1 Å². The number of carbonyl (C=O) groups is 1. The van der Waals surface area contributed by atoms with Crippen molar-refractivity contribution in [2.75, 3.05) is 0 Å². The lowest BCUT2D eigenvalue weighted by Crippen LogP contribution is -2.10. The maximum Gasteiger partial charge on any atom is 0.248 e. The predicted octanol–water partition coefficient (Wildman–Crippen LogP) is 1.91. The second-order valence-corrected chi connectivity index (χ2v) is 4.77. The Hall–Kier alpha value is -2.10. The molecule has 1 aliphatic rings. The molecular formula is C14H15N3O. The number of carbonyl (C=O) groups excluding carboxylic acids is 1. The van der Waals surface area contributed by atoms with Crippen LogP contribution in [0.1, 0.15) is 40.4 Å². The van der Waals surface area contributed by atoms with Gasteiger partial charge in [0.05, 0.1) is 12.2 Å².